The van der Waals surface area contributed by atoms with E-state index in [0.29, 0.717) is 18.5 Å². The summed E-state index contributed by atoms with van der Waals surface area (Å²) in [7, 11) is 0. The average Bonchev–Trinajstić information content (AvgIpc) is 2.51. The normalized spacial score (nSPS) is 20.9. The minimum atomic E-state index is -0.0742. The molecule has 2 atom stereocenters. The van der Waals surface area contributed by atoms with Gasteiger partial charge in [0.2, 0.25) is 5.91 Å². The average molecular weight is 317 g/mol. The second-order valence-electron chi connectivity index (χ2n) is 6.54. The number of likely N-dealkylation sites (tertiary alicyclic amines) is 1. The third-order valence-electron chi connectivity index (χ3n) is 4.34. The van der Waals surface area contributed by atoms with Crippen LogP contribution in [0.3, 0.4) is 0 Å². The fraction of sp³-hybridized carbons (Fsp3) is 0.556. The molecule has 0 saturated carbocycles. The van der Waals surface area contributed by atoms with Crippen LogP contribution in [-0.4, -0.2) is 36.0 Å². The van der Waals surface area contributed by atoms with Crippen molar-refractivity contribution in [2.45, 2.75) is 46.1 Å². The lowest BCUT2D eigenvalue weighted by molar-refractivity contribution is -0.114. The molecule has 1 aromatic rings. The van der Waals surface area contributed by atoms with Crippen LogP contribution in [0.15, 0.2) is 24.3 Å². The molecule has 23 heavy (non-hydrogen) atoms. The van der Waals surface area contributed by atoms with Gasteiger partial charge in [-0.15, -0.1) is 0 Å². The zero-order valence-corrected chi connectivity index (χ0v) is 14.3. The van der Waals surface area contributed by atoms with Crippen LogP contribution in [0.2, 0.25) is 0 Å². The maximum absolute atomic E-state index is 12.3. The van der Waals surface area contributed by atoms with Crippen LogP contribution < -0.4 is 10.6 Å². The Kier molecular flexibility index (Phi) is 6.02. The van der Waals surface area contributed by atoms with Gasteiger partial charge in [0.1, 0.15) is 0 Å². The Morgan fingerprint density at radius 2 is 1.87 bits per heavy atom. The quantitative estimate of drug-likeness (QED) is 0.896. The van der Waals surface area contributed by atoms with E-state index in [1.165, 1.54) is 13.3 Å². The predicted octanol–water partition coefficient (Wildman–Crippen LogP) is 3.02. The highest BCUT2D eigenvalue weighted by Gasteiger charge is 2.26. The minimum absolute atomic E-state index is 0.0407. The predicted molar refractivity (Wildman–Crippen MR) is 92.4 cm³/mol. The Balaban J connectivity index is 1.77. The van der Waals surface area contributed by atoms with Crippen molar-refractivity contribution < 1.29 is 9.59 Å². The van der Waals surface area contributed by atoms with Gasteiger partial charge in [0, 0.05) is 31.7 Å². The van der Waals surface area contributed by atoms with Crippen molar-refractivity contribution in [1.82, 2.24) is 10.2 Å². The van der Waals surface area contributed by atoms with E-state index < -0.39 is 0 Å². The van der Waals surface area contributed by atoms with Crippen LogP contribution in [0.5, 0.6) is 0 Å². The van der Waals surface area contributed by atoms with Gasteiger partial charge in [0.15, 0.2) is 0 Å². The van der Waals surface area contributed by atoms with Crippen LogP contribution in [-0.2, 0) is 11.2 Å². The molecule has 3 amide bonds. The maximum Gasteiger partial charge on any atom is 0.317 e. The van der Waals surface area contributed by atoms with Crippen molar-refractivity contribution in [3.8, 4) is 0 Å². The highest BCUT2D eigenvalue weighted by molar-refractivity contribution is 5.88. The third kappa shape index (κ3) is 5.27. The molecular formula is C18H27N3O2. The van der Waals surface area contributed by atoms with Crippen LogP contribution in [0.1, 0.15) is 39.2 Å². The van der Waals surface area contributed by atoms with Crippen molar-refractivity contribution in [3.63, 3.8) is 0 Å². The van der Waals surface area contributed by atoms with Crippen LogP contribution >= 0.6 is 0 Å². The summed E-state index contributed by atoms with van der Waals surface area (Å²) in [6.45, 7) is 7.27. The van der Waals surface area contributed by atoms with Crippen molar-refractivity contribution in [2.24, 2.45) is 5.92 Å². The summed E-state index contributed by atoms with van der Waals surface area (Å²) in [5, 5.41) is 5.76. The number of amides is 3. The largest absolute Gasteiger partial charge is 0.338 e. The van der Waals surface area contributed by atoms with Gasteiger partial charge < -0.3 is 15.5 Å². The number of rotatable bonds is 4. The minimum Gasteiger partial charge on any atom is -0.338 e. The first-order valence-electron chi connectivity index (χ1n) is 8.36. The second-order valence-corrected chi connectivity index (χ2v) is 6.54. The number of hydrogen-bond donors (Lipinski definition) is 2. The monoisotopic (exact) mass is 317 g/mol. The van der Waals surface area contributed by atoms with Gasteiger partial charge in [-0.2, -0.15) is 0 Å². The van der Waals surface area contributed by atoms with Crippen molar-refractivity contribution in [1.29, 1.82) is 0 Å². The molecule has 2 N–H and O–H groups in total. The van der Waals surface area contributed by atoms with E-state index in [1.54, 1.807) is 0 Å². The summed E-state index contributed by atoms with van der Waals surface area (Å²) >= 11 is 0. The standard InChI is InChI=1S/C18H27N3O2/c1-13-4-5-14(2)21(12-13)18(23)19-11-10-16-6-8-17(9-7-16)20-15(3)22/h6-9,13-14H,4-5,10-12H2,1-3H3,(H,19,23)(H,20,22)/t13-,14-/m0/s1. The summed E-state index contributed by atoms with van der Waals surface area (Å²) in [4.78, 5) is 25.2. The van der Waals surface area contributed by atoms with Gasteiger partial charge in [-0.05, 0) is 49.8 Å². The number of carbonyl (C=O) groups is 2. The van der Waals surface area contributed by atoms with E-state index in [0.717, 1.165) is 30.6 Å². The van der Waals surface area contributed by atoms with Crippen LogP contribution in [0.25, 0.3) is 0 Å². The van der Waals surface area contributed by atoms with E-state index in [4.69, 9.17) is 0 Å². The van der Waals surface area contributed by atoms with Gasteiger partial charge in [-0.1, -0.05) is 19.1 Å². The summed E-state index contributed by atoms with van der Waals surface area (Å²) in [6, 6.07) is 8.08. The third-order valence-corrected chi connectivity index (χ3v) is 4.34. The van der Waals surface area contributed by atoms with E-state index in [2.05, 4.69) is 24.5 Å². The zero-order chi connectivity index (χ0) is 16.8. The Hall–Kier alpha value is -2.04. The molecule has 0 unspecified atom stereocenters. The van der Waals surface area contributed by atoms with E-state index in [1.807, 2.05) is 29.2 Å². The second kappa shape index (κ2) is 7.99. The number of piperidine rings is 1. The molecular weight excluding hydrogens is 290 g/mol. The first-order valence-corrected chi connectivity index (χ1v) is 8.36. The molecule has 1 heterocycles. The lowest BCUT2D eigenvalue weighted by atomic mass is 9.95. The fourth-order valence-corrected chi connectivity index (χ4v) is 2.94. The Morgan fingerprint density at radius 3 is 2.52 bits per heavy atom. The van der Waals surface area contributed by atoms with E-state index >= 15 is 0 Å². The lowest BCUT2D eigenvalue weighted by Gasteiger charge is -2.36. The van der Waals surface area contributed by atoms with E-state index in [9.17, 15) is 9.59 Å². The van der Waals surface area contributed by atoms with Crippen LogP contribution in [0.4, 0.5) is 10.5 Å². The molecule has 126 valence electrons. The maximum atomic E-state index is 12.3. The molecule has 0 aromatic heterocycles. The number of nitrogens with one attached hydrogen (secondary N) is 2. The SMILES string of the molecule is CC(=O)Nc1ccc(CCNC(=O)N2C[C@@H](C)CC[C@@H]2C)cc1. The number of anilines is 1. The molecule has 0 spiro atoms. The molecule has 1 saturated heterocycles. The molecule has 0 bridgehead atoms. The smallest absolute Gasteiger partial charge is 0.317 e. The molecule has 1 aliphatic rings. The Labute approximate surface area is 138 Å². The van der Waals surface area contributed by atoms with Crippen molar-refractivity contribution in [3.05, 3.63) is 29.8 Å². The molecule has 0 radical (unpaired) electrons. The van der Waals surface area contributed by atoms with Crippen LogP contribution in [0, 0.1) is 5.92 Å². The summed E-state index contributed by atoms with van der Waals surface area (Å²) in [5.41, 5.74) is 1.93. The van der Waals surface area contributed by atoms with Gasteiger partial charge in [0.05, 0.1) is 0 Å². The Morgan fingerprint density at radius 1 is 1.17 bits per heavy atom. The van der Waals surface area contributed by atoms with E-state index in [-0.39, 0.29) is 11.9 Å². The number of benzene rings is 1. The first kappa shape index (κ1) is 17.3. The summed E-state index contributed by atoms with van der Waals surface area (Å²) in [6.07, 6.45) is 3.06. The fourth-order valence-electron chi connectivity index (χ4n) is 2.94. The molecule has 1 fully saturated rings. The van der Waals surface area contributed by atoms with Gasteiger partial charge >= 0.3 is 6.03 Å². The first-order chi connectivity index (χ1) is 11.0. The summed E-state index contributed by atoms with van der Waals surface area (Å²) in [5.74, 6) is 0.508. The number of carbonyl (C=O) groups excluding carboxylic acids is 2. The highest BCUT2D eigenvalue weighted by Crippen LogP contribution is 2.21. The highest BCUT2D eigenvalue weighted by atomic mass is 16.2. The number of nitrogens with zero attached hydrogens (tertiary/aromatic N) is 1. The molecule has 1 aromatic carbocycles. The lowest BCUT2D eigenvalue weighted by Crippen LogP contribution is -2.49. The van der Waals surface area contributed by atoms with Gasteiger partial charge in [-0.3, -0.25) is 4.79 Å². The van der Waals surface area contributed by atoms with Crippen molar-refractivity contribution in [2.75, 3.05) is 18.4 Å². The topological polar surface area (TPSA) is 61.4 Å². The molecule has 1 aliphatic heterocycles. The molecule has 0 aliphatic carbocycles. The Bertz CT molecular complexity index is 542. The molecule has 5 nitrogen and oxygen atoms in total. The zero-order valence-electron chi connectivity index (χ0n) is 14.3. The van der Waals surface area contributed by atoms with Crippen molar-refractivity contribution >= 4 is 17.6 Å². The summed E-state index contributed by atoms with van der Waals surface area (Å²) < 4.78 is 0. The number of urea groups is 1. The van der Waals surface area contributed by atoms with Gasteiger partial charge in [0.25, 0.3) is 0 Å². The molecule has 5 heteroatoms. The number of hydrogen-bond acceptors (Lipinski definition) is 2. The van der Waals surface area contributed by atoms with Gasteiger partial charge in [-0.25, -0.2) is 4.79 Å². The molecule has 2 rings (SSSR count).